The first kappa shape index (κ1) is 16.4. The highest BCUT2D eigenvalue weighted by atomic mass is 32.2. The molecule has 2 aliphatic carbocycles. The topological polar surface area (TPSA) is 39.2 Å². The van der Waals surface area contributed by atoms with E-state index in [2.05, 4.69) is 31.8 Å². The van der Waals surface area contributed by atoms with Crippen LogP contribution in [0.1, 0.15) is 40.0 Å². The van der Waals surface area contributed by atoms with Crippen LogP contribution in [-0.4, -0.2) is 22.8 Å². The van der Waals surface area contributed by atoms with Crippen LogP contribution in [0.2, 0.25) is 0 Å². The Kier molecular flexibility index (Phi) is 3.92. The molecular weight excluding hydrogens is 338 g/mol. The number of thiazole rings is 1. The van der Waals surface area contributed by atoms with E-state index in [4.69, 9.17) is 4.74 Å². The number of fused-ring (bicyclic) bond motifs is 3. The van der Waals surface area contributed by atoms with E-state index in [-0.39, 0.29) is 22.9 Å². The average molecular weight is 362 g/mol. The summed E-state index contributed by atoms with van der Waals surface area (Å²) in [5, 5.41) is 0. The molecular formula is C19H23NO2S2. The summed E-state index contributed by atoms with van der Waals surface area (Å²) in [6.07, 6.45) is 3.56. The van der Waals surface area contributed by atoms with E-state index >= 15 is 0 Å². The van der Waals surface area contributed by atoms with Crippen molar-refractivity contribution in [1.82, 2.24) is 4.98 Å². The molecule has 4 rings (SSSR count). The second-order valence-electron chi connectivity index (χ2n) is 7.83. The van der Waals surface area contributed by atoms with Crippen LogP contribution in [0.4, 0.5) is 0 Å². The number of benzene rings is 1. The average Bonchev–Trinajstić information content (AvgIpc) is 3.11. The molecule has 0 N–H and O–H groups in total. The molecule has 2 saturated carbocycles. The first-order valence-electron chi connectivity index (χ1n) is 8.58. The largest absolute Gasteiger partial charge is 0.461 e. The second-order valence-corrected chi connectivity index (χ2v) is 10.1. The molecule has 2 aliphatic rings. The second kappa shape index (κ2) is 5.73. The van der Waals surface area contributed by atoms with Crippen LogP contribution in [0.5, 0.6) is 0 Å². The van der Waals surface area contributed by atoms with Crippen molar-refractivity contribution in [1.29, 1.82) is 0 Å². The lowest BCUT2D eigenvalue weighted by Gasteiger charge is -2.38. The van der Waals surface area contributed by atoms with Crippen LogP contribution in [-0.2, 0) is 9.53 Å². The lowest BCUT2D eigenvalue weighted by atomic mass is 9.70. The maximum Gasteiger partial charge on any atom is 0.316 e. The minimum atomic E-state index is -0.103. The Morgan fingerprint density at radius 1 is 1.38 bits per heavy atom. The number of nitrogens with zero attached hydrogens (tertiary/aromatic N) is 1. The number of hydrogen-bond donors (Lipinski definition) is 0. The van der Waals surface area contributed by atoms with Gasteiger partial charge in [0.05, 0.1) is 16.0 Å². The zero-order chi connectivity index (χ0) is 16.9. The van der Waals surface area contributed by atoms with Crippen LogP contribution in [0, 0.1) is 16.7 Å². The molecule has 0 radical (unpaired) electrons. The quantitative estimate of drug-likeness (QED) is 0.558. The Hall–Kier alpha value is -1.07. The third-order valence-corrected chi connectivity index (χ3v) is 8.73. The monoisotopic (exact) mass is 361 g/mol. The predicted molar refractivity (Wildman–Crippen MR) is 99.5 cm³/mol. The van der Waals surface area contributed by atoms with Crippen molar-refractivity contribution in [2.45, 2.75) is 50.5 Å². The van der Waals surface area contributed by atoms with E-state index in [0.717, 1.165) is 21.0 Å². The van der Waals surface area contributed by atoms with E-state index < -0.39 is 0 Å². The molecule has 2 aromatic rings. The van der Waals surface area contributed by atoms with Crippen molar-refractivity contribution in [3.05, 3.63) is 24.3 Å². The van der Waals surface area contributed by atoms with E-state index in [1.54, 1.807) is 11.3 Å². The molecule has 0 amide bonds. The SMILES string of the molecule is CC1(C)[C@H]2CC[C@@]1(C)[C@@H](OC(=O)CSc1nc3ccccc3s1)C2. The van der Waals surface area contributed by atoms with Gasteiger partial charge in [-0.25, -0.2) is 4.98 Å². The molecule has 3 atom stereocenters. The molecule has 2 bridgehead atoms. The number of aromatic nitrogens is 1. The van der Waals surface area contributed by atoms with Crippen molar-refractivity contribution in [2.75, 3.05) is 5.75 Å². The Balaban J connectivity index is 1.37. The third kappa shape index (κ3) is 2.48. The zero-order valence-corrected chi connectivity index (χ0v) is 16.0. The molecule has 1 aromatic heterocycles. The van der Waals surface area contributed by atoms with Gasteiger partial charge in [0.25, 0.3) is 0 Å². The first-order valence-corrected chi connectivity index (χ1v) is 10.4. The van der Waals surface area contributed by atoms with Gasteiger partial charge in [-0.15, -0.1) is 11.3 Å². The summed E-state index contributed by atoms with van der Waals surface area (Å²) in [7, 11) is 0. The van der Waals surface area contributed by atoms with Crippen LogP contribution in [0.3, 0.4) is 0 Å². The summed E-state index contributed by atoms with van der Waals surface area (Å²) >= 11 is 3.13. The Bertz CT molecular complexity index is 752. The molecule has 0 saturated heterocycles. The van der Waals surface area contributed by atoms with Gasteiger partial charge in [-0.2, -0.15) is 0 Å². The molecule has 24 heavy (non-hydrogen) atoms. The highest BCUT2D eigenvalue weighted by molar-refractivity contribution is 8.01. The molecule has 0 aliphatic heterocycles. The summed E-state index contributed by atoms with van der Waals surface area (Å²) in [6.45, 7) is 6.99. The lowest BCUT2D eigenvalue weighted by Crippen LogP contribution is -2.38. The maximum atomic E-state index is 12.4. The van der Waals surface area contributed by atoms with Crippen molar-refractivity contribution >= 4 is 39.3 Å². The number of para-hydroxylation sites is 1. The predicted octanol–water partition coefficient (Wildman–Crippen LogP) is 5.15. The Labute approximate surface area is 151 Å². The molecule has 5 heteroatoms. The summed E-state index contributed by atoms with van der Waals surface area (Å²) < 4.78 is 8.00. The maximum absolute atomic E-state index is 12.4. The molecule has 0 spiro atoms. The van der Waals surface area contributed by atoms with Gasteiger partial charge in [0.15, 0.2) is 4.34 Å². The first-order chi connectivity index (χ1) is 11.4. The summed E-state index contributed by atoms with van der Waals surface area (Å²) in [4.78, 5) is 16.9. The van der Waals surface area contributed by atoms with Crippen LogP contribution >= 0.6 is 23.1 Å². The van der Waals surface area contributed by atoms with Crippen LogP contribution in [0.25, 0.3) is 10.2 Å². The van der Waals surface area contributed by atoms with Gasteiger partial charge in [0.2, 0.25) is 0 Å². The zero-order valence-electron chi connectivity index (χ0n) is 14.4. The fourth-order valence-electron chi connectivity index (χ4n) is 4.53. The van der Waals surface area contributed by atoms with Gasteiger partial charge in [-0.3, -0.25) is 4.79 Å². The minimum Gasteiger partial charge on any atom is -0.461 e. The number of carbonyl (C=O) groups is 1. The standard InChI is InChI=1S/C19H23NO2S2/c1-18(2)12-8-9-19(18,3)15(10-12)22-16(21)11-23-17-20-13-6-4-5-7-14(13)24-17/h4-7,12,15H,8-11H2,1-3H3/t12-,15-,19-/m0/s1. The van der Waals surface area contributed by atoms with Gasteiger partial charge in [-0.1, -0.05) is 44.7 Å². The fourth-order valence-corrected chi connectivity index (χ4v) is 6.39. The molecule has 0 unspecified atom stereocenters. The van der Waals surface area contributed by atoms with Crippen LogP contribution < -0.4 is 0 Å². The minimum absolute atomic E-state index is 0.0784. The number of esters is 1. The van der Waals surface area contributed by atoms with Crippen molar-refractivity contribution < 1.29 is 9.53 Å². The molecule has 1 heterocycles. The number of hydrogen-bond acceptors (Lipinski definition) is 5. The van der Waals surface area contributed by atoms with E-state index in [0.29, 0.717) is 11.7 Å². The molecule has 3 nitrogen and oxygen atoms in total. The van der Waals surface area contributed by atoms with Crippen LogP contribution in [0.15, 0.2) is 28.6 Å². The van der Waals surface area contributed by atoms with Crippen molar-refractivity contribution in [2.24, 2.45) is 16.7 Å². The Morgan fingerprint density at radius 2 is 2.17 bits per heavy atom. The third-order valence-electron chi connectivity index (χ3n) is 6.58. The van der Waals surface area contributed by atoms with Crippen molar-refractivity contribution in [3.63, 3.8) is 0 Å². The van der Waals surface area contributed by atoms with E-state index in [1.807, 2.05) is 18.2 Å². The summed E-state index contributed by atoms with van der Waals surface area (Å²) in [5.74, 6) is 0.934. The van der Waals surface area contributed by atoms with E-state index in [1.165, 1.54) is 24.6 Å². The number of thioether (sulfide) groups is 1. The molecule has 128 valence electrons. The van der Waals surface area contributed by atoms with Crippen molar-refractivity contribution in [3.8, 4) is 0 Å². The summed E-state index contributed by atoms with van der Waals surface area (Å²) in [6, 6.07) is 8.07. The molecule has 1 aromatic carbocycles. The number of ether oxygens (including phenoxy) is 1. The van der Waals surface area contributed by atoms with Gasteiger partial charge in [0.1, 0.15) is 6.10 Å². The lowest BCUT2D eigenvalue weighted by molar-refractivity contribution is -0.153. The van der Waals surface area contributed by atoms with Gasteiger partial charge in [0, 0.05) is 5.41 Å². The Morgan fingerprint density at radius 3 is 2.83 bits per heavy atom. The smallest absolute Gasteiger partial charge is 0.316 e. The summed E-state index contributed by atoms with van der Waals surface area (Å²) in [5.41, 5.74) is 1.41. The van der Waals surface area contributed by atoms with E-state index in [9.17, 15) is 4.79 Å². The molecule has 2 fully saturated rings. The fraction of sp³-hybridized carbons (Fsp3) is 0.579. The van der Waals surface area contributed by atoms with Gasteiger partial charge < -0.3 is 4.74 Å². The highest BCUT2D eigenvalue weighted by Crippen LogP contribution is 2.66. The van der Waals surface area contributed by atoms with Gasteiger partial charge >= 0.3 is 5.97 Å². The van der Waals surface area contributed by atoms with Gasteiger partial charge in [-0.05, 0) is 42.7 Å². The number of carbonyl (C=O) groups excluding carboxylic acids is 1. The highest BCUT2D eigenvalue weighted by Gasteiger charge is 2.62. The normalized spacial score (nSPS) is 30.8. The number of rotatable bonds is 4.